The number of para-hydroxylation sites is 1. The number of carbonyl (C=O) groups is 1. The second kappa shape index (κ2) is 10.1. The molecule has 0 aliphatic heterocycles. The SMILES string of the molecule is CC(C)=c1cccc/c1=C/N(C)c1cc(=O)c2cc(C)cc(C(C)Nc3ccccc3C(=O)O)c2o1. The first-order valence-electron chi connectivity index (χ1n) is 11.8. The van der Waals surface area contributed by atoms with Gasteiger partial charge in [0.25, 0.3) is 0 Å². The number of aromatic carboxylic acids is 1. The number of carboxylic acid groups (broad SMARTS) is 1. The normalized spacial score (nSPS) is 12.4. The van der Waals surface area contributed by atoms with E-state index in [1.807, 2.05) is 62.3 Å². The van der Waals surface area contributed by atoms with E-state index in [1.54, 1.807) is 24.3 Å². The highest BCUT2D eigenvalue weighted by atomic mass is 16.4. The highest BCUT2D eigenvalue weighted by Crippen LogP contribution is 2.30. The predicted octanol–water partition coefficient (Wildman–Crippen LogP) is 5.04. The number of benzene rings is 3. The number of carboxylic acids is 1. The van der Waals surface area contributed by atoms with Crippen LogP contribution < -0.4 is 26.1 Å². The molecule has 4 aromatic rings. The van der Waals surface area contributed by atoms with Crippen molar-refractivity contribution in [3.8, 4) is 0 Å². The molecule has 0 spiro atoms. The minimum absolute atomic E-state index is 0.138. The quantitative estimate of drug-likeness (QED) is 0.401. The molecule has 0 aliphatic rings. The third kappa shape index (κ3) is 5.03. The molecule has 6 nitrogen and oxygen atoms in total. The lowest BCUT2D eigenvalue weighted by atomic mass is 10.0. The van der Waals surface area contributed by atoms with Crippen LogP contribution >= 0.6 is 0 Å². The van der Waals surface area contributed by atoms with Crippen molar-refractivity contribution in [2.24, 2.45) is 0 Å². The molecule has 1 heterocycles. The van der Waals surface area contributed by atoms with Crippen molar-refractivity contribution in [3.05, 3.63) is 104 Å². The van der Waals surface area contributed by atoms with Crippen LogP contribution in [0.3, 0.4) is 0 Å². The van der Waals surface area contributed by atoms with Crippen molar-refractivity contribution >= 4 is 40.3 Å². The van der Waals surface area contributed by atoms with E-state index < -0.39 is 5.97 Å². The van der Waals surface area contributed by atoms with E-state index in [2.05, 4.69) is 25.2 Å². The minimum Gasteiger partial charge on any atom is -0.478 e. The standard InChI is InChI=1S/C30H30N2O4/c1-18(2)22-11-7-6-10-21(22)17-32(5)28-16-27(33)25-15-19(3)14-24(29(25)36-28)20(4)31-26-13-9-8-12-23(26)30(34)35/h6-17,20,31H,1-5H3,(H,34,35)/b21-17-. The summed E-state index contributed by atoms with van der Waals surface area (Å²) in [4.78, 5) is 26.6. The first kappa shape index (κ1) is 24.8. The molecule has 0 amide bonds. The van der Waals surface area contributed by atoms with Crippen LogP contribution in [0.4, 0.5) is 11.6 Å². The van der Waals surface area contributed by atoms with Gasteiger partial charge < -0.3 is 19.7 Å². The molecule has 6 heteroatoms. The van der Waals surface area contributed by atoms with Crippen molar-refractivity contribution in [2.75, 3.05) is 17.3 Å². The van der Waals surface area contributed by atoms with Crippen molar-refractivity contribution in [3.63, 3.8) is 0 Å². The van der Waals surface area contributed by atoms with Crippen LogP contribution in [-0.4, -0.2) is 18.1 Å². The fourth-order valence-electron chi connectivity index (χ4n) is 4.36. The van der Waals surface area contributed by atoms with E-state index >= 15 is 0 Å². The number of aryl methyl sites for hydroxylation is 1. The smallest absolute Gasteiger partial charge is 0.337 e. The van der Waals surface area contributed by atoms with E-state index in [1.165, 1.54) is 11.6 Å². The van der Waals surface area contributed by atoms with Gasteiger partial charge in [0.15, 0.2) is 5.43 Å². The fraction of sp³-hybridized carbons (Fsp3) is 0.200. The lowest BCUT2D eigenvalue weighted by molar-refractivity contribution is 0.0698. The average molecular weight is 483 g/mol. The van der Waals surface area contributed by atoms with Crippen LogP contribution in [-0.2, 0) is 0 Å². The Labute approximate surface area is 209 Å². The molecule has 1 unspecified atom stereocenters. The molecule has 0 aliphatic carbocycles. The Balaban J connectivity index is 1.83. The monoisotopic (exact) mass is 482 g/mol. The highest BCUT2D eigenvalue weighted by Gasteiger charge is 2.18. The minimum atomic E-state index is -1.01. The molecular weight excluding hydrogens is 452 g/mol. The van der Waals surface area contributed by atoms with E-state index in [4.69, 9.17) is 4.42 Å². The Morgan fingerprint density at radius 3 is 2.47 bits per heavy atom. The Morgan fingerprint density at radius 1 is 1.06 bits per heavy atom. The Bertz CT molecular complexity index is 1630. The molecule has 0 saturated heterocycles. The predicted molar refractivity (Wildman–Crippen MR) is 146 cm³/mol. The van der Waals surface area contributed by atoms with Gasteiger partial charge in [-0.1, -0.05) is 48.0 Å². The van der Waals surface area contributed by atoms with Gasteiger partial charge in [-0.3, -0.25) is 4.79 Å². The van der Waals surface area contributed by atoms with E-state index in [-0.39, 0.29) is 17.0 Å². The Hall–Kier alpha value is -4.32. The molecule has 0 bridgehead atoms. The zero-order valence-electron chi connectivity index (χ0n) is 21.1. The molecule has 0 fully saturated rings. The summed E-state index contributed by atoms with van der Waals surface area (Å²) in [6, 6.07) is 19.8. The van der Waals surface area contributed by atoms with E-state index in [0.29, 0.717) is 22.5 Å². The van der Waals surface area contributed by atoms with E-state index in [9.17, 15) is 14.7 Å². The maximum Gasteiger partial charge on any atom is 0.337 e. The first-order chi connectivity index (χ1) is 17.2. The number of nitrogens with one attached hydrogen (secondary N) is 1. The zero-order chi connectivity index (χ0) is 26.0. The van der Waals surface area contributed by atoms with Crippen LogP contribution in [0.15, 0.2) is 75.9 Å². The molecule has 36 heavy (non-hydrogen) atoms. The van der Waals surface area contributed by atoms with Crippen LogP contribution in [0.25, 0.3) is 22.7 Å². The summed E-state index contributed by atoms with van der Waals surface area (Å²) < 4.78 is 6.33. The summed E-state index contributed by atoms with van der Waals surface area (Å²) >= 11 is 0. The third-order valence-corrected chi connectivity index (χ3v) is 6.16. The summed E-state index contributed by atoms with van der Waals surface area (Å²) in [5, 5.41) is 15.5. The van der Waals surface area contributed by atoms with Crippen molar-refractivity contribution in [1.29, 1.82) is 0 Å². The number of anilines is 2. The number of nitrogens with zero attached hydrogens (tertiary/aromatic N) is 1. The second-order valence-electron chi connectivity index (χ2n) is 9.22. The van der Waals surface area contributed by atoms with Crippen LogP contribution in [0.1, 0.15) is 48.3 Å². The van der Waals surface area contributed by atoms with Gasteiger partial charge in [0.2, 0.25) is 5.88 Å². The largest absolute Gasteiger partial charge is 0.478 e. The molecule has 3 aromatic carbocycles. The van der Waals surface area contributed by atoms with Gasteiger partial charge in [-0.25, -0.2) is 4.79 Å². The van der Waals surface area contributed by atoms with Crippen molar-refractivity contribution in [1.82, 2.24) is 0 Å². The Kier molecular flexibility index (Phi) is 6.97. The summed E-state index contributed by atoms with van der Waals surface area (Å²) in [6.45, 7) is 7.97. The van der Waals surface area contributed by atoms with E-state index in [0.717, 1.165) is 21.6 Å². The summed E-state index contributed by atoms with van der Waals surface area (Å²) in [5.41, 5.74) is 3.90. The molecule has 0 saturated carbocycles. The lowest BCUT2D eigenvalue weighted by Crippen LogP contribution is -2.29. The van der Waals surface area contributed by atoms with Crippen molar-refractivity contribution in [2.45, 2.75) is 33.7 Å². The third-order valence-electron chi connectivity index (χ3n) is 6.16. The zero-order valence-corrected chi connectivity index (χ0v) is 21.1. The maximum atomic E-state index is 13.2. The van der Waals surface area contributed by atoms with Gasteiger partial charge in [0.05, 0.1) is 17.0 Å². The van der Waals surface area contributed by atoms with Crippen molar-refractivity contribution < 1.29 is 14.3 Å². The molecule has 2 N–H and O–H groups in total. The maximum absolute atomic E-state index is 13.2. The van der Waals surface area contributed by atoms with Gasteiger partial charge in [-0.2, -0.15) is 0 Å². The van der Waals surface area contributed by atoms with Gasteiger partial charge >= 0.3 is 5.97 Å². The second-order valence-corrected chi connectivity index (χ2v) is 9.22. The van der Waals surface area contributed by atoms with Gasteiger partial charge in [0.1, 0.15) is 5.58 Å². The number of hydrogen-bond acceptors (Lipinski definition) is 5. The molecule has 0 radical (unpaired) electrons. The van der Waals surface area contributed by atoms with Gasteiger partial charge in [0, 0.05) is 30.6 Å². The summed E-state index contributed by atoms with van der Waals surface area (Å²) in [5.74, 6) is -0.593. The Morgan fingerprint density at radius 2 is 1.75 bits per heavy atom. The first-order valence-corrected chi connectivity index (χ1v) is 11.8. The fourth-order valence-corrected chi connectivity index (χ4v) is 4.36. The molecule has 1 atom stereocenters. The summed E-state index contributed by atoms with van der Waals surface area (Å²) in [6.07, 6.45) is 1.95. The van der Waals surface area contributed by atoms with Crippen LogP contribution in [0, 0.1) is 6.92 Å². The highest BCUT2D eigenvalue weighted by molar-refractivity contribution is 5.94. The lowest BCUT2D eigenvalue weighted by Gasteiger charge is -2.20. The summed E-state index contributed by atoms with van der Waals surface area (Å²) in [7, 11) is 1.85. The molecular formula is C30H30N2O4. The molecule has 4 rings (SSSR count). The number of rotatable bonds is 6. The van der Waals surface area contributed by atoms with Crippen LogP contribution in [0.2, 0.25) is 0 Å². The topological polar surface area (TPSA) is 82.8 Å². The number of fused-ring (bicyclic) bond motifs is 1. The average Bonchev–Trinajstić information content (AvgIpc) is 2.84. The molecule has 1 aromatic heterocycles. The number of hydrogen-bond donors (Lipinski definition) is 2. The van der Waals surface area contributed by atoms with Gasteiger partial charge in [-0.05, 0) is 61.9 Å². The van der Waals surface area contributed by atoms with Gasteiger partial charge in [-0.15, -0.1) is 0 Å². The van der Waals surface area contributed by atoms with Crippen LogP contribution in [0.5, 0.6) is 0 Å². The molecule has 184 valence electrons.